The maximum atomic E-state index is 6.25. The number of hydrogen-bond acceptors (Lipinski definition) is 2. The van der Waals surface area contributed by atoms with Crippen LogP contribution in [-0.4, -0.2) is 4.75 Å². The van der Waals surface area contributed by atoms with Gasteiger partial charge in [-0.2, -0.15) is 0 Å². The number of benzene rings is 1. The van der Waals surface area contributed by atoms with E-state index in [1.807, 2.05) is 11.8 Å². The van der Waals surface area contributed by atoms with Gasteiger partial charge in [0, 0.05) is 21.0 Å². The molecule has 1 nitrogen and oxygen atoms in total. The number of fused-ring (bicyclic) bond motifs is 1. The van der Waals surface area contributed by atoms with E-state index in [-0.39, 0.29) is 10.8 Å². The average Bonchev–Trinajstić information content (AvgIpc) is 2.13. The predicted molar refractivity (Wildman–Crippen MR) is 66.4 cm³/mol. The highest BCUT2D eigenvalue weighted by molar-refractivity contribution is 9.10. The lowest BCUT2D eigenvalue weighted by atomic mass is 9.92. The molecule has 2 N–H and O–H groups in total. The minimum absolute atomic E-state index is 0.133. The zero-order valence-electron chi connectivity index (χ0n) is 8.38. The molecule has 0 aliphatic carbocycles. The first-order valence-electron chi connectivity index (χ1n) is 4.69. The smallest absolute Gasteiger partial charge is 0.0442 e. The molecule has 0 saturated carbocycles. The van der Waals surface area contributed by atoms with Crippen molar-refractivity contribution in [2.75, 3.05) is 0 Å². The average molecular weight is 272 g/mol. The van der Waals surface area contributed by atoms with Gasteiger partial charge in [-0.05, 0) is 31.0 Å². The maximum Gasteiger partial charge on any atom is 0.0442 e. The van der Waals surface area contributed by atoms with Crippen molar-refractivity contribution < 1.29 is 0 Å². The van der Waals surface area contributed by atoms with Crippen molar-refractivity contribution in [3.8, 4) is 0 Å². The monoisotopic (exact) mass is 271 g/mol. The summed E-state index contributed by atoms with van der Waals surface area (Å²) in [6, 6.07) is 6.43. The topological polar surface area (TPSA) is 26.0 Å². The lowest BCUT2D eigenvalue weighted by Gasteiger charge is -2.37. The molecule has 0 bridgehead atoms. The molecule has 1 unspecified atom stereocenters. The van der Waals surface area contributed by atoms with Gasteiger partial charge in [0.25, 0.3) is 0 Å². The fourth-order valence-corrected chi connectivity index (χ4v) is 3.59. The third-order valence-electron chi connectivity index (χ3n) is 2.83. The van der Waals surface area contributed by atoms with Gasteiger partial charge in [0.1, 0.15) is 0 Å². The molecule has 1 aliphatic heterocycles. The first kappa shape index (κ1) is 10.5. The zero-order valence-corrected chi connectivity index (χ0v) is 10.8. The van der Waals surface area contributed by atoms with E-state index in [2.05, 4.69) is 48.0 Å². The molecule has 2 rings (SSSR count). The van der Waals surface area contributed by atoms with Gasteiger partial charge >= 0.3 is 0 Å². The van der Waals surface area contributed by atoms with Crippen LogP contribution in [0.5, 0.6) is 0 Å². The Morgan fingerprint density at radius 3 is 2.93 bits per heavy atom. The van der Waals surface area contributed by atoms with Gasteiger partial charge < -0.3 is 5.73 Å². The molecule has 1 atom stereocenters. The van der Waals surface area contributed by atoms with E-state index in [9.17, 15) is 0 Å². The summed E-state index contributed by atoms with van der Waals surface area (Å²) in [6.45, 7) is 4.43. The summed E-state index contributed by atoms with van der Waals surface area (Å²) in [7, 11) is 0. The Kier molecular flexibility index (Phi) is 2.66. The summed E-state index contributed by atoms with van der Waals surface area (Å²) in [4.78, 5) is 0. The first-order valence-corrected chi connectivity index (χ1v) is 6.47. The number of rotatable bonds is 0. The fourth-order valence-electron chi connectivity index (χ4n) is 1.74. The SMILES string of the molecule is CC1(C)SCc2c(Br)cccc2C1N. The normalized spacial score (nSPS) is 24.4. The van der Waals surface area contributed by atoms with Crippen LogP contribution in [0.1, 0.15) is 31.0 Å². The number of hydrogen-bond donors (Lipinski definition) is 1. The quantitative estimate of drug-likeness (QED) is 0.782. The summed E-state index contributed by atoms with van der Waals surface area (Å²) in [5, 5.41) is 0. The third kappa shape index (κ3) is 1.62. The van der Waals surface area contributed by atoms with Crippen molar-refractivity contribution in [1.82, 2.24) is 0 Å². The van der Waals surface area contributed by atoms with E-state index in [1.54, 1.807) is 0 Å². The van der Waals surface area contributed by atoms with E-state index >= 15 is 0 Å². The molecule has 1 aliphatic rings. The van der Waals surface area contributed by atoms with E-state index < -0.39 is 0 Å². The van der Waals surface area contributed by atoms with Gasteiger partial charge in [0.15, 0.2) is 0 Å². The van der Waals surface area contributed by atoms with E-state index in [0.717, 1.165) is 5.75 Å². The Hall–Kier alpha value is 0.01000. The lowest BCUT2D eigenvalue weighted by Crippen LogP contribution is -2.36. The molecule has 1 aromatic rings. The molecular weight excluding hydrogens is 258 g/mol. The summed E-state index contributed by atoms with van der Waals surface area (Å²) < 4.78 is 1.34. The molecule has 3 heteroatoms. The molecule has 1 heterocycles. The van der Waals surface area contributed by atoms with Crippen molar-refractivity contribution in [2.24, 2.45) is 5.73 Å². The predicted octanol–water partition coefficient (Wildman–Crippen LogP) is 3.47. The first-order chi connectivity index (χ1) is 6.52. The van der Waals surface area contributed by atoms with E-state index in [1.165, 1.54) is 15.6 Å². The van der Waals surface area contributed by atoms with Crippen LogP contribution >= 0.6 is 27.7 Å². The molecule has 14 heavy (non-hydrogen) atoms. The molecule has 76 valence electrons. The Morgan fingerprint density at radius 2 is 2.21 bits per heavy atom. The van der Waals surface area contributed by atoms with E-state index in [0.29, 0.717) is 0 Å². The lowest BCUT2D eigenvalue weighted by molar-refractivity contribution is 0.551. The summed E-state index contributed by atoms with van der Waals surface area (Å²) >= 11 is 5.51. The number of halogens is 1. The highest BCUT2D eigenvalue weighted by atomic mass is 79.9. The summed E-state index contributed by atoms with van der Waals surface area (Å²) in [5.74, 6) is 1.05. The highest BCUT2D eigenvalue weighted by Gasteiger charge is 2.34. The zero-order chi connectivity index (χ0) is 10.3. The molecule has 0 spiro atoms. The van der Waals surface area contributed by atoms with Crippen LogP contribution in [0.3, 0.4) is 0 Å². The minimum Gasteiger partial charge on any atom is -0.323 e. The second-order valence-corrected chi connectivity index (χ2v) is 6.66. The molecular formula is C11H14BrNS. The van der Waals surface area contributed by atoms with Gasteiger partial charge in [-0.3, -0.25) is 0 Å². The van der Waals surface area contributed by atoms with Crippen LogP contribution in [0.2, 0.25) is 0 Å². The summed E-state index contributed by atoms with van der Waals surface area (Å²) in [5.41, 5.74) is 8.91. The Labute approximate surface area is 97.6 Å². The van der Waals surface area contributed by atoms with Crippen molar-refractivity contribution in [2.45, 2.75) is 30.4 Å². The van der Waals surface area contributed by atoms with Gasteiger partial charge in [-0.25, -0.2) is 0 Å². The Balaban J connectivity index is 2.51. The second-order valence-electron chi connectivity index (χ2n) is 4.18. The van der Waals surface area contributed by atoms with Crippen molar-refractivity contribution >= 4 is 27.7 Å². The van der Waals surface area contributed by atoms with Gasteiger partial charge in [-0.15, -0.1) is 11.8 Å². The Morgan fingerprint density at radius 1 is 1.50 bits per heavy atom. The van der Waals surface area contributed by atoms with Crippen LogP contribution in [0, 0.1) is 0 Å². The molecule has 0 saturated heterocycles. The molecule has 1 aromatic carbocycles. The minimum atomic E-state index is 0.133. The number of thioether (sulfide) groups is 1. The largest absolute Gasteiger partial charge is 0.323 e. The third-order valence-corrected chi connectivity index (χ3v) is 5.00. The molecule has 0 amide bonds. The van der Waals surface area contributed by atoms with Gasteiger partial charge in [0.05, 0.1) is 0 Å². The van der Waals surface area contributed by atoms with Crippen LogP contribution in [0.4, 0.5) is 0 Å². The number of nitrogens with two attached hydrogens (primary N) is 1. The van der Waals surface area contributed by atoms with Crippen molar-refractivity contribution in [3.05, 3.63) is 33.8 Å². The van der Waals surface area contributed by atoms with Crippen molar-refractivity contribution in [3.63, 3.8) is 0 Å². The van der Waals surface area contributed by atoms with Crippen molar-refractivity contribution in [1.29, 1.82) is 0 Å². The van der Waals surface area contributed by atoms with Gasteiger partial charge in [0.2, 0.25) is 0 Å². The molecule has 0 fully saturated rings. The van der Waals surface area contributed by atoms with Crippen LogP contribution in [0.25, 0.3) is 0 Å². The highest BCUT2D eigenvalue weighted by Crippen LogP contribution is 2.45. The van der Waals surface area contributed by atoms with Crippen LogP contribution < -0.4 is 5.73 Å². The van der Waals surface area contributed by atoms with E-state index in [4.69, 9.17) is 5.73 Å². The standard InChI is InChI=1S/C11H14BrNS/c1-11(2)10(13)7-4-3-5-9(12)8(7)6-14-11/h3-5,10H,6,13H2,1-2H3. The summed E-state index contributed by atoms with van der Waals surface area (Å²) in [6.07, 6.45) is 0. The molecule has 0 aromatic heterocycles. The molecule has 0 radical (unpaired) electrons. The van der Waals surface area contributed by atoms with Crippen LogP contribution in [-0.2, 0) is 5.75 Å². The van der Waals surface area contributed by atoms with Gasteiger partial charge in [-0.1, -0.05) is 28.1 Å². The second kappa shape index (κ2) is 3.54. The Bertz CT molecular complexity index is 362. The maximum absolute atomic E-state index is 6.25. The van der Waals surface area contributed by atoms with Crippen LogP contribution in [0.15, 0.2) is 22.7 Å². The fraction of sp³-hybridized carbons (Fsp3) is 0.455.